The molecule has 112 valence electrons. The van der Waals surface area contributed by atoms with E-state index in [1.807, 2.05) is 29.6 Å². The third-order valence-corrected chi connectivity index (χ3v) is 6.15. The van der Waals surface area contributed by atoms with Crippen molar-refractivity contribution in [3.63, 3.8) is 0 Å². The Morgan fingerprint density at radius 2 is 2.25 bits per heavy atom. The lowest BCUT2D eigenvalue weighted by molar-refractivity contribution is -0.0505. The molecule has 7 heteroatoms. The molecule has 2 rings (SSSR count). The second kappa shape index (κ2) is 8.46. The Morgan fingerprint density at radius 1 is 1.40 bits per heavy atom. The molecule has 1 saturated heterocycles. The van der Waals surface area contributed by atoms with E-state index in [-0.39, 0.29) is 5.75 Å². The Morgan fingerprint density at radius 3 is 2.95 bits per heavy atom. The van der Waals surface area contributed by atoms with Crippen LogP contribution in [0, 0.1) is 0 Å². The first kappa shape index (κ1) is 16.4. The van der Waals surface area contributed by atoms with E-state index in [4.69, 9.17) is 0 Å². The van der Waals surface area contributed by atoms with Gasteiger partial charge in [-0.15, -0.1) is 0 Å². The molecule has 0 spiro atoms. The zero-order valence-corrected chi connectivity index (χ0v) is 14.0. The number of hydrogen-bond acceptors (Lipinski definition) is 4. The first-order valence-electron chi connectivity index (χ1n) is 6.28. The van der Waals surface area contributed by atoms with Gasteiger partial charge >= 0.3 is 6.61 Å². The minimum atomic E-state index is -2.79. The van der Waals surface area contributed by atoms with Gasteiger partial charge in [0.25, 0.3) is 0 Å². The lowest BCUT2D eigenvalue weighted by Crippen LogP contribution is -2.28. The largest absolute Gasteiger partial charge is 0.434 e. The Balaban J connectivity index is 1.88. The average molecular weight is 384 g/mol. The van der Waals surface area contributed by atoms with Crippen molar-refractivity contribution >= 4 is 39.5 Å². The van der Waals surface area contributed by atoms with Crippen molar-refractivity contribution in [2.75, 3.05) is 23.8 Å². The maximum Gasteiger partial charge on any atom is 0.387 e. The van der Waals surface area contributed by atoms with Gasteiger partial charge in [0.1, 0.15) is 5.75 Å². The number of alkyl halides is 2. The van der Waals surface area contributed by atoms with E-state index in [1.54, 1.807) is 12.1 Å². The summed E-state index contributed by atoms with van der Waals surface area (Å²) >= 11 is 7.30. The fraction of sp³-hybridized carbons (Fsp3) is 0.538. The van der Waals surface area contributed by atoms with Crippen LogP contribution in [-0.2, 0) is 6.54 Å². The van der Waals surface area contributed by atoms with Crippen LogP contribution in [-0.4, -0.2) is 35.7 Å². The lowest BCUT2D eigenvalue weighted by atomic mass is 10.2. The minimum Gasteiger partial charge on any atom is -0.434 e. The van der Waals surface area contributed by atoms with Gasteiger partial charge in [-0.05, 0) is 18.2 Å². The highest BCUT2D eigenvalue weighted by molar-refractivity contribution is 9.10. The molecule has 0 aliphatic carbocycles. The van der Waals surface area contributed by atoms with Gasteiger partial charge in [-0.3, -0.25) is 0 Å². The Bertz CT molecular complexity index is 431. The molecule has 1 N–H and O–H groups in total. The first-order valence-corrected chi connectivity index (χ1v) is 9.28. The van der Waals surface area contributed by atoms with E-state index >= 15 is 0 Å². The summed E-state index contributed by atoms with van der Waals surface area (Å²) in [5.74, 6) is 3.80. The van der Waals surface area contributed by atoms with E-state index in [2.05, 4.69) is 26.0 Å². The zero-order valence-electron chi connectivity index (χ0n) is 10.8. The van der Waals surface area contributed by atoms with Crippen molar-refractivity contribution < 1.29 is 13.5 Å². The highest BCUT2D eigenvalue weighted by atomic mass is 79.9. The van der Waals surface area contributed by atoms with Gasteiger partial charge in [-0.25, -0.2) is 0 Å². The van der Waals surface area contributed by atoms with Crippen LogP contribution < -0.4 is 10.1 Å². The molecule has 1 aromatic carbocycles. The fourth-order valence-electron chi connectivity index (χ4n) is 1.92. The molecule has 1 atom stereocenters. The quantitative estimate of drug-likeness (QED) is 0.801. The van der Waals surface area contributed by atoms with Crippen LogP contribution in [0.3, 0.4) is 0 Å². The second-order valence-electron chi connectivity index (χ2n) is 4.33. The van der Waals surface area contributed by atoms with Crippen molar-refractivity contribution in [2.24, 2.45) is 0 Å². The van der Waals surface area contributed by atoms with Crippen molar-refractivity contribution in [3.8, 4) is 5.75 Å². The van der Waals surface area contributed by atoms with E-state index in [1.165, 1.54) is 11.5 Å². The highest BCUT2D eigenvalue weighted by Crippen LogP contribution is 2.26. The zero-order chi connectivity index (χ0) is 14.4. The van der Waals surface area contributed by atoms with Crippen LogP contribution in [0.1, 0.15) is 5.56 Å². The van der Waals surface area contributed by atoms with Crippen molar-refractivity contribution in [1.82, 2.24) is 5.32 Å². The number of ether oxygens (including phenoxy) is 1. The van der Waals surface area contributed by atoms with Crippen LogP contribution in [0.5, 0.6) is 5.75 Å². The maximum absolute atomic E-state index is 12.4. The van der Waals surface area contributed by atoms with Crippen LogP contribution >= 0.6 is 39.5 Å². The molecule has 0 aromatic heterocycles. The Kier molecular flexibility index (Phi) is 6.93. The molecule has 1 unspecified atom stereocenters. The molecule has 1 fully saturated rings. The number of halogens is 3. The molecule has 0 bridgehead atoms. The van der Waals surface area contributed by atoms with Gasteiger partial charge < -0.3 is 10.1 Å². The number of benzene rings is 1. The molecular weight excluding hydrogens is 368 g/mol. The van der Waals surface area contributed by atoms with Gasteiger partial charge in [-0.2, -0.15) is 32.3 Å². The fourth-order valence-corrected chi connectivity index (χ4v) is 4.97. The summed E-state index contributed by atoms with van der Waals surface area (Å²) in [6, 6.07) is 5.08. The Hall–Kier alpha value is 0.0200. The van der Waals surface area contributed by atoms with E-state index in [9.17, 15) is 8.78 Å². The molecule has 2 nitrogen and oxygen atoms in total. The summed E-state index contributed by atoms with van der Waals surface area (Å²) in [6.07, 6.45) is 0. The number of rotatable bonds is 6. The summed E-state index contributed by atoms with van der Waals surface area (Å²) in [7, 11) is 0. The van der Waals surface area contributed by atoms with E-state index in [0.717, 1.165) is 22.3 Å². The molecule has 1 heterocycles. The molecule has 1 aromatic rings. The predicted octanol–water partition coefficient (Wildman–Crippen LogP) is 3.99. The van der Waals surface area contributed by atoms with Gasteiger partial charge in [-0.1, -0.05) is 15.9 Å². The minimum absolute atomic E-state index is 0.237. The average Bonchev–Trinajstić information content (AvgIpc) is 2.42. The third kappa shape index (κ3) is 5.42. The van der Waals surface area contributed by atoms with Crippen LogP contribution in [0.15, 0.2) is 22.7 Å². The Labute approximate surface area is 134 Å². The third-order valence-electron chi connectivity index (χ3n) is 2.81. The molecule has 20 heavy (non-hydrogen) atoms. The first-order chi connectivity index (χ1) is 9.65. The molecule has 0 radical (unpaired) electrons. The van der Waals surface area contributed by atoms with E-state index in [0.29, 0.717) is 11.8 Å². The monoisotopic (exact) mass is 383 g/mol. The maximum atomic E-state index is 12.4. The summed E-state index contributed by atoms with van der Waals surface area (Å²) in [4.78, 5) is 0. The van der Waals surface area contributed by atoms with Crippen molar-refractivity contribution in [2.45, 2.75) is 18.4 Å². The number of nitrogens with one attached hydrogen (secondary N) is 1. The smallest absolute Gasteiger partial charge is 0.387 e. The van der Waals surface area contributed by atoms with Crippen molar-refractivity contribution in [3.05, 3.63) is 28.2 Å². The molecular formula is C13H16BrF2NOS2. The molecule has 1 aliphatic rings. The second-order valence-corrected chi connectivity index (χ2v) is 7.80. The van der Waals surface area contributed by atoms with Crippen molar-refractivity contribution in [1.29, 1.82) is 0 Å². The summed E-state index contributed by atoms with van der Waals surface area (Å²) in [5.41, 5.74) is 0.744. The normalized spacial score (nSPS) is 19.3. The van der Waals surface area contributed by atoms with Gasteiger partial charge in [0.05, 0.1) is 0 Å². The number of thioether (sulfide) groups is 2. The lowest BCUT2D eigenvalue weighted by Gasteiger charge is -2.21. The topological polar surface area (TPSA) is 21.3 Å². The summed E-state index contributed by atoms with van der Waals surface area (Å²) < 4.78 is 30.1. The van der Waals surface area contributed by atoms with Crippen LogP contribution in [0.4, 0.5) is 8.78 Å². The predicted molar refractivity (Wildman–Crippen MR) is 86.1 cm³/mol. The standard InChI is InChI=1S/C13H16BrF2NOS2/c14-10-1-2-12(18-13(15)16)9(5-10)6-17-7-11-8-19-3-4-20-11/h1-2,5,11,13,17H,3-4,6-8H2. The van der Waals surface area contributed by atoms with Crippen LogP contribution in [0.2, 0.25) is 0 Å². The molecule has 1 aliphatic heterocycles. The number of hydrogen-bond donors (Lipinski definition) is 1. The molecule has 0 saturated carbocycles. The van der Waals surface area contributed by atoms with E-state index < -0.39 is 6.61 Å². The van der Waals surface area contributed by atoms with Gasteiger partial charge in [0.2, 0.25) is 0 Å². The van der Waals surface area contributed by atoms with Crippen LogP contribution in [0.25, 0.3) is 0 Å². The highest BCUT2D eigenvalue weighted by Gasteiger charge is 2.15. The van der Waals surface area contributed by atoms with Gasteiger partial charge in [0.15, 0.2) is 0 Å². The SMILES string of the molecule is FC(F)Oc1ccc(Br)cc1CNCC1CSCCS1. The van der Waals surface area contributed by atoms with Gasteiger partial charge in [0, 0.05) is 45.6 Å². The summed E-state index contributed by atoms with van der Waals surface area (Å²) in [5, 5.41) is 3.93. The summed E-state index contributed by atoms with van der Waals surface area (Å²) in [6.45, 7) is -1.37. The molecule has 0 amide bonds.